The van der Waals surface area contributed by atoms with Crippen LogP contribution in [0.25, 0.3) is 0 Å². The van der Waals surface area contributed by atoms with Gasteiger partial charge in [0.15, 0.2) is 0 Å². The summed E-state index contributed by atoms with van der Waals surface area (Å²) in [5.74, 6) is 1.21. The van der Waals surface area contributed by atoms with Crippen LogP contribution < -0.4 is 0 Å². The highest BCUT2D eigenvalue weighted by Gasteiger charge is 2.43. The van der Waals surface area contributed by atoms with Gasteiger partial charge in [0, 0.05) is 12.3 Å². The molecule has 5 atom stereocenters. The highest BCUT2D eigenvalue weighted by Crippen LogP contribution is 2.48. The van der Waals surface area contributed by atoms with Gasteiger partial charge in [0.1, 0.15) is 0 Å². The Labute approximate surface area is 177 Å². The quantitative estimate of drug-likeness (QED) is 0.451. The Bertz CT molecular complexity index is 691. The largest absolute Gasteiger partial charge is 0.392 e. The van der Waals surface area contributed by atoms with Crippen molar-refractivity contribution in [3.63, 3.8) is 0 Å². The molecule has 0 heterocycles. The summed E-state index contributed by atoms with van der Waals surface area (Å²) in [6, 6.07) is 8.34. The number of allylic oxidation sites excluding steroid dienone is 2. The van der Waals surface area contributed by atoms with Gasteiger partial charge in [0.25, 0.3) is 0 Å². The van der Waals surface area contributed by atoms with Gasteiger partial charge in [-0.1, -0.05) is 60.1 Å². The predicted molar refractivity (Wildman–Crippen MR) is 121 cm³/mol. The molecule has 3 rings (SSSR count). The van der Waals surface area contributed by atoms with Crippen LogP contribution >= 0.6 is 0 Å². The lowest BCUT2D eigenvalue weighted by atomic mass is 9.88. The minimum absolute atomic E-state index is 0.176. The Morgan fingerprint density at radius 1 is 1.14 bits per heavy atom. The lowest BCUT2D eigenvalue weighted by Gasteiger charge is -2.19. The van der Waals surface area contributed by atoms with Gasteiger partial charge in [-0.25, -0.2) is 0 Å². The third kappa shape index (κ3) is 6.53. The summed E-state index contributed by atoms with van der Waals surface area (Å²) in [5.41, 5.74) is 3.98. The molecule has 3 nitrogen and oxygen atoms in total. The summed E-state index contributed by atoms with van der Waals surface area (Å²) in [6.45, 7) is 3.25. The number of hydrogen-bond donors (Lipinski definition) is 2. The van der Waals surface area contributed by atoms with Crippen molar-refractivity contribution >= 4 is 0 Å². The van der Waals surface area contributed by atoms with Gasteiger partial charge in [-0.05, 0) is 77.1 Å². The Morgan fingerprint density at radius 2 is 1.90 bits per heavy atom. The first kappa shape index (κ1) is 22.3. The molecule has 0 unspecified atom stereocenters. The SMILES string of the molecule is Cc1ccc(C[C@H](O)/C=C/[C@@H]2[C@H]3CC(CCCCCN(C)C)=C[C@H]3C[C@H]2O)cc1. The molecular formula is C26H39NO2. The smallest absolute Gasteiger partial charge is 0.0761 e. The first-order chi connectivity index (χ1) is 13.9. The fourth-order valence-electron chi connectivity index (χ4n) is 5.04. The lowest BCUT2D eigenvalue weighted by Crippen LogP contribution is -2.18. The third-order valence-electron chi connectivity index (χ3n) is 6.67. The number of aryl methyl sites for hydroxylation is 1. The van der Waals surface area contributed by atoms with Crippen molar-refractivity contribution in [3.8, 4) is 0 Å². The number of benzene rings is 1. The van der Waals surface area contributed by atoms with Crippen molar-refractivity contribution in [1.29, 1.82) is 0 Å². The van der Waals surface area contributed by atoms with Crippen molar-refractivity contribution < 1.29 is 10.2 Å². The van der Waals surface area contributed by atoms with Crippen molar-refractivity contribution in [2.75, 3.05) is 20.6 Å². The maximum absolute atomic E-state index is 10.5. The zero-order chi connectivity index (χ0) is 20.8. The summed E-state index contributed by atoms with van der Waals surface area (Å²) in [5, 5.41) is 21.0. The standard InChI is InChI=1S/C26H39NO2/c1-19-8-10-20(11-9-19)16-23(28)12-13-24-25-17-21(15-22(25)18-26(24)29)7-5-4-6-14-27(2)3/h8-13,15,22-26,28-29H,4-7,14,16-18H2,1-3H3/b13-12+/t22-,23+,24+,25-,26+/m0/s1. The van der Waals surface area contributed by atoms with E-state index >= 15 is 0 Å². The fraction of sp³-hybridized carbons (Fsp3) is 0.615. The van der Waals surface area contributed by atoms with Crippen molar-refractivity contribution in [1.82, 2.24) is 4.90 Å². The monoisotopic (exact) mass is 397 g/mol. The van der Waals surface area contributed by atoms with Gasteiger partial charge in [-0.2, -0.15) is 0 Å². The van der Waals surface area contributed by atoms with Gasteiger partial charge in [-0.15, -0.1) is 0 Å². The zero-order valence-electron chi connectivity index (χ0n) is 18.4. The van der Waals surface area contributed by atoms with Crippen LogP contribution in [0.5, 0.6) is 0 Å². The number of unbranched alkanes of at least 4 members (excludes halogenated alkanes) is 2. The van der Waals surface area contributed by atoms with Gasteiger partial charge in [0.05, 0.1) is 12.2 Å². The number of nitrogens with zero attached hydrogens (tertiary/aromatic N) is 1. The van der Waals surface area contributed by atoms with E-state index in [1.54, 1.807) is 5.57 Å². The summed E-state index contributed by atoms with van der Waals surface area (Å²) >= 11 is 0. The average molecular weight is 398 g/mol. The van der Waals surface area contributed by atoms with E-state index in [1.165, 1.54) is 37.8 Å². The lowest BCUT2D eigenvalue weighted by molar-refractivity contribution is 0.140. The molecule has 0 aliphatic heterocycles. The summed E-state index contributed by atoms with van der Waals surface area (Å²) in [7, 11) is 4.27. The normalized spacial score (nSPS) is 27.6. The minimum atomic E-state index is -0.491. The second-order valence-electron chi connectivity index (χ2n) is 9.49. The van der Waals surface area contributed by atoms with Crippen molar-refractivity contribution in [3.05, 3.63) is 59.2 Å². The molecule has 3 heteroatoms. The third-order valence-corrected chi connectivity index (χ3v) is 6.67. The topological polar surface area (TPSA) is 43.7 Å². The van der Waals surface area contributed by atoms with E-state index in [0.29, 0.717) is 18.3 Å². The average Bonchev–Trinajstić information content (AvgIpc) is 3.18. The Balaban J connectivity index is 1.46. The number of hydrogen-bond acceptors (Lipinski definition) is 3. The van der Waals surface area contributed by atoms with E-state index in [1.807, 2.05) is 6.08 Å². The zero-order valence-corrected chi connectivity index (χ0v) is 18.4. The second kappa shape index (κ2) is 10.6. The molecule has 0 radical (unpaired) electrons. The van der Waals surface area contributed by atoms with Gasteiger partial charge in [0.2, 0.25) is 0 Å². The highest BCUT2D eigenvalue weighted by atomic mass is 16.3. The maximum Gasteiger partial charge on any atom is 0.0761 e. The molecule has 0 bridgehead atoms. The molecule has 2 aliphatic rings. The molecule has 29 heavy (non-hydrogen) atoms. The first-order valence-electron chi connectivity index (χ1n) is 11.4. The highest BCUT2D eigenvalue weighted by molar-refractivity contribution is 5.23. The number of aliphatic hydroxyl groups excluding tert-OH is 2. The first-order valence-corrected chi connectivity index (χ1v) is 11.4. The molecular weight excluding hydrogens is 358 g/mol. The Hall–Kier alpha value is -1.42. The molecule has 1 fully saturated rings. The summed E-state index contributed by atoms with van der Waals surface area (Å²) in [4.78, 5) is 2.25. The van der Waals surface area contributed by atoms with E-state index in [9.17, 15) is 10.2 Å². The van der Waals surface area contributed by atoms with Crippen molar-refractivity contribution in [2.45, 2.75) is 64.1 Å². The van der Waals surface area contributed by atoms with E-state index < -0.39 is 6.10 Å². The Kier molecular flexibility index (Phi) is 8.11. The van der Waals surface area contributed by atoms with Crippen LogP contribution in [0.1, 0.15) is 49.7 Å². The molecule has 0 saturated heterocycles. The van der Waals surface area contributed by atoms with E-state index in [-0.39, 0.29) is 12.0 Å². The number of aliphatic hydroxyl groups is 2. The molecule has 2 aliphatic carbocycles. The van der Waals surface area contributed by atoms with Gasteiger partial charge < -0.3 is 15.1 Å². The van der Waals surface area contributed by atoms with E-state index in [4.69, 9.17) is 0 Å². The summed E-state index contributed by atoms with van der Waals surface area (Å²) < 4.78 is 0. The minimum Gasteiger partial charge on any atom is -0.392 e. The van der Waals surface area contributed by atoms with Crippen LogP contribution in [0, 0.1) is 24.7 Å². The van der Waals surface area contributed by atoms with Crippen LogP contribution in [0.4, 0.5) is 0 Å². The molecule has 1 aromatic rings. The van der Waals surface area contributed by atoms with E-state index in [0.717, 1.165) is 18.4 Å². The molecule has 2 N–H and O–H groups in total. The predicted octanol–water partition coefficient (Wildman–Crippen LogP) is 4.52. The molecule has 0 amide bonds. The summed E-state index contributed by atoms with van der Waals surface area (Å²) in [6.07, 6.45) is 13.4. The second-order valence-corrected chi connectivity index (χ2v) is 9.49. The molecule has 1 saturated carbocycles. The molecule has 0 spiro atoms. The van der Waals surface area contributed by atoms with Gasteiger partial charge >= 0.3 is 0 Å². The molecule has 1 aromatic carbocycles. The van der Waals surface area contributed by atoms with Crippen LogP contribution in [-0.4, -0.2) is 48.0 Å². The maximum atomic E-state index is 10.5. The van der Waals surface area contributed by atoms with Crippen LogP contribution in [0.2, 0.25) is 0 Å². The molecule has 0 aromatic heterocycles. The van der Waals surface area contributed by atoms with Crippen LogP contribution in [-0.2, 0) is 6.42 Å². The van der Waals surface area contributed by atoms with Crippen LogP contribution in [0.15, 0.2) is 48.1 Å². The van der Waals surface area contributed by atoms with Crippen molar-refractivity contribution in [2.24, 2.45) is 17.8 Å². The molecule has 160 valence electrons. The van der Waals surface area contributed by atoms with Gasteiger partial charge in [-0.3, -0.25) is 0 Å². The fourth-order valence-corrected chi connectivity index (χ4v) is 5.04. The Morgan fingerprint density at radius 3 is 2.62 bits per heavy atom. The number of fused-ring (bicyclic) bond motifs is 1. The number of rotatable bonds is 10. The van der Waals surface area contributed by atoms with Crippen LogP contribution in [0.3, 0.4) is 0 Å². The van der Waals surface area contributed by atoms with E-state index in [2.05, 4.69) is 62.3 Å².